The SMILES string of the molecule is Cc1ccc(Oc2cccc(CC(=O)CC3CCC(=O)C=C3O)c2)cc1. The highest BCUT2D eigenvalue weighted by Gasteiger charge is 2.23. The Balaban J connectivity index is 1.61. The summed E-state index contributed by atoms with van der Waals surface area (Å²) in [6, 6.07) is 15.3. The van der Waals surface area contributed by atoms with Crippen LogP contribution >= 0.6 is 0 Å². The van der Waals surface area contributed by atoms with Gasteiger partial charge >= 0.3 is 0 Å². The van der Waals surface area contributed by atoms with Gasteiger partial charge in [0.05, 0.1) is 5.76 Å². The van der Waals surface area contributed by atoms with Crippen molar-refractivity contribution in [1.82, 2.24) is 0 Å². The number of ether oxygens (including phenoxy) is 1. The summed E-state index contributed by atoms with van der Waals surface area (Å²) >= 11 is 0. The van der Waals surface area contributed by atoms with E-state index < -0.39 is 0 Å². The Bertz CT molecular complexity index is 833. The van der Waals surface area contributed by atoms with Crippen LogP contribution in [0.1, 0.15) is 30.4 Å². The van der Waals surface area contributed by atoms with Crippen LogP contribution in [-0.4, -0.2) is 16.7 Å². The molecule has 1 unspecified atom stereocenters. The Hall–Kier alpha value is -2.88. The third-order valence-corrected chi connectivity index (χ3v) is 4.50. The lowest BCUT2D eigenvalue weighted by Gasteiger charge is -2.18. The van der Waals surface area contributed by atoms with Crippen molar-refractivity contribution >= 4 is 11.6 Å². The number of carbonyl (C=O) groups excluding carboxylic acids is 2. The Morgan fingerprint density at radius 2 is 1.92 bits per heavy atom. The van der Waals surface area contributed by atoms with Gasteiger partial charge in [-0.25, -0.2) is 0 Å². The van der Waals surface area contributed by atoms with Crippen molar-refractivity contribution in [2.75, 3.05) is 0 Å². The molecule has 0 heterocycles. The lowest BCUT2D eigenvalue weighted by molar-refractivity contribution is -0.120. The van der Waals surface area contributed by atoms with Gasteiger partial charge in [-0.05, 0) is 43.2 Å². The van der Waals surface area contributed by atoms with Gasteiger partial charge in [0.1, 0.15) is 17.3 Å². The molecule has 134 valence electrons. The number of aryl methyl sites for hydroxylation is 1. The van der Waals surface area contributed by atoms with E-state index in [-0.39, 0.29) is 36.1 Å². The fourth-order valence-electron chi connectivity index (χ4n) is 3.06. The van der Waals surface area contributed by atoms with Gasteiger partial charge in [0, 0.05) is 31.3 Å². The molecule has 1 N–H and O–H groups in total. The van der Waals surface area contributed by atoms with E-state index in [0.717, 1.165) is 11.3 Å². The first-order valence-corrected chi connectivity index (χ1v) is 8.78. The summed E-state index contributed by atoms with van der Waals surface area (Å²) in [5.74, 6) is 1.19. The molecule has 1 aliphatic carbocycles. The molecule has 4 nitrogen and oxygen atoms in total. The molecule has 0 radical (unpaired) electrons. The van der Waals surface area contributed by atoms with Crippen LogP contribution in [0.4, 0.5) is 0 Å². The van der Waals surface area contributed by atoms with Gasteiger partial charge in [0.25, 0.3) is 0 Å². The summed E-state index contributed by atoms with van der Waals surface area (Å²) < 4.78 is 5.84. The number of carbonyl (C=O) groups is 2. The molecule has 0 saturated carbocycles. The second-order valence-corrected chi connectivity index (χ2v) is 6.75. The third kappa shape index (κ3) is 4.82. The Kier molecular flexibility index (Phi) is 5.52. The maximum absolute atomic E-state index is 12.4. The highest BCUT2D eigenvalue weighted by Crippen LogP contribution is 2.26. The molecule has 0 aliphatic heterocycles. The first-order chi connectivity index (χ1) is 12.5. The molecule has 0 fully saturated rings. The first-order valence-electron chi connectivity index (χ1n) is 8.78. The first kappa shape index (κ1) is 17.9. The van der Waals surface area contributed by atoms with Crippen molar-refractivity contribution in [1.29, 1.82) is 0 Å². The molecule has 2 aromatic rings. The fraction of sp³-hybridized carbons (Fsp3) is 0.273. The predicted molar refractivity (Wildman–Crippen MR) is 99.5 cm³/mol. The molecular formula is C22H22O4. The minimum absolute atomic E-state index is 0.0334. The molecule has 3 rings (SSSR count). The number of Topliss-reactive ketones (excluding diaryl/α,β-unsaturated/α-hetero) is 1. The van der Waals surface area contributed by atoms with Crippen molar-refractivity contribution < 1.29 is 19.4 Å². The summed E-state index contributed by atoms with van der Waals surface area (Å²) in [7, 11) is 0. The van der Waals surface area contributed by atoms with E-state index in [0.29, 0.717) is 18.6 Å². The lowest BCUT2D eigenvalue weighted by atomic mass is 9.88. The van der Waals surface area contributed by atoms with Crippen molar-refractivity contribution in [3.8, 4) is 11.5 Å². The van der Waals surface area contributed by atoms with Crippen LogP contribution in [0.3, 0.4) is 0 Å². The molecule has 1 atom stereocenters. The molecule has 0 amide bonds. The van der Waals surface area contributed by atoms with Gasteiger partial charge < -0.3 is 9.84 Å². The van der Waals surface area contributed by atoms with Crippen LogP contribution in [0.5, 0.6) is 11.5 Å². The number of hydrogen-bond donors (Lipinski definition) is 1. The average Bonchev–Trinajstić information content (AvgIpc) is 2.60. The quantitative estimate of drug-likeness (QED) is 0.819. The van der Waals surface area contributed by atoms with Crippen molar-refractivity contribution in [3.63, 3.8) is 0 Å². The number of allylic oxidation sites excluding steroid dienone is 2. The molecule has 4 heteroatoms. The molecule has 0 saturated heterocycles. The number of aliphatic hydroxyl groups is 1. The zero-order chi connectivity index (χ0) is 18.5. The van der Waals surface area contributed by atoms with Crippen LogP contribution in [0.15, 0.2) is 60.4 Å². The fourth-order valence-corrected chi connectivity index (χ4v) is 3.06. The van der Waals surface area contributed by atoms with E-state index in [1.54, 1.807) is 0 Å². The zero-order valence-electron chi connectivity index (χ0n) is 14.8. The summed E-state index contributed by atoms with van der Waals surface area (Å²) in [6.45, 7) is 2.02. The van der Waals surface area contributed by atoms with Crippen molar-refractivity contribution in [3.05, 3.63) is 71.5 Å². The Morgan fingerprint density at radius 1 is 1.15 bits per heavy atom. The topological polar surface area (TPSA) is 63.6 Å². The maximum Gasteiger partial charge on any atom is 0.159 e. The average molecular weight is 350 g/mol. The number of aliphatic hydroxyl groups excluding tert-OH is 1. The Morgan fingerprint density at radius 3 is 2.65 bits per heavy atom. The second kappa shape index (κ2) is 8.00. The highest BCUT2D eigenvalue weighted by molar-refractivity contribution is 5.91. The van der Waals surface area contributed by atoms with Gasteiger partial charge in [0.15, 0.2) is 5.78 Å². The van der Waals surface area contributed by atoms with E-state index >= 15 is 0 Å². The van der Waals surface area contributed by atoms with Gasteiger partial charge in [-0.15, -0.1) is 0 Å². The monoisotopic (exact) mass is 350 g/mol. The van der Waals surface area contributed by atoms with Gasteiger partial charge in [-0.2, -0.15) is 0 Å². The lowest BCUT2D eigenvalue weighted by Crippen LogP contribution is -2.18. The summed E-state index contributed by atoms with van der Waals surface area (Å²) in [5, 5.41) is 9.85. The number of ketones is 2. The molecule has 26 heavy (non-hydrogen) atoms. The predicted octanol–water partition coefficient (Wildman–Crippen LogP) is 4.71. The van der Waals surface area contributed by atoms with E-state index in [1.165, 1.54) is 11.6 Å². The molecule has 0 bridgehead atoms. The number of rotatable bonds is 6. The molecule has 1 aliphatic rings. The van der Waals surface area contributed by atoms with Gasteiger partial charge in [0.2, 0.25) is 0 Å². The smallest absolute Gasteiger partial charge is 0.159 e. The third-order valence-electron chi connectivity index (χ3n) is 4.50. The van der Waals surface area contributed by atoms with Crippen LogP contribution in [0, 0.1) is 12.8 Å². The molecular weight excluding hydrogens is 328 g/mol. The van der Waals surface area contributed by atoms with E-state index in [4.69, 9.17) is 4.74 Å². The minimum Gasteiger partial charge on any atom is -0.512 e. The van der Waals surface area contributed by atoms with Crippen molar-refractivity contribution in [2.24, 2.45) is 5.92 Å². The normalized spacial score (nSPS) is 16.9. The van der Waals surface area contributed by atoms with Crippen molar-refractivity contribution in [2.45, 2.75) is 32.6 Å². The van der Waals surface area contributed by atoms with E-state index in [9.17, 15) is 14.7 Å². The summed E-state index contributed by atoms with van der Waals surface area (Å²) in [4.78, 5) is 23.6. The number of hydrogen-bond acceptors (Lipinski definition) is 4. The maximum atomic E-state index is 12.4. The second-order valence-electron chi connectivity index (χ2n) is 6.75. The standard InChI is InChI=1S/C22H22O4/c1-15-5-9-20(10-6-15)26-21-4-2-3-16(12-21)11-19(24)13-17-7-8-18(23)14-22(17)25/h2-6,9-10,12,14,17,25H,7-8,11,13H2,1H3. The minimum atomic E-state index is -0.243. The van der Waals surface area contributed by atoms with Crippen LogP contribution in [0.25, 0.3) is 0 Å². The number of benzene rings is 2. The van der Waals surface area contributed by atoms with Gasteiger partial charge in [-0.1, -0.05) is 29.8 Å². The Labute approximate surface area is 153 Å². The van der Waals surface area contributed by atoms with Gasteiger partial charge in [-0.3, -0.25) is 9.59 Å². The molecule has 0 aromatic heterocycles. The molecule has 2 aromatic carbocycles. The van der Waals surface area contributed by atoms with Crippen LogP contribution < -0.4 is 4.74 Å². The summed E-state index contributed by atoms with van der Waals surface area (Å²) in [6.07, 6.45) is 2.70. The zero-order valence-corrected chi connectivity index (χ0v) is 14.8. The van der Waals surface area contributed by atoms with E-state index in [2.05, 4.69) is 0 Å². The summed E-state index contributed by atoms with van der Waals surface area (Å²) in [5.41, 5.74) is 2.04. The molecule has 0 spiro atoms. The highest BCUT2D eigenvalue weighted by atomic mass is 16.5. The van der Waals surface area contributed by atoms with Crippen LogP contribution in [0.2, 0.25) is 0 Å². The largest absolute Gasteiger partial charge is 0.512 e. The van der Waals surface area contributed by atoms with E-state index in [1.807, 2.05) is 55.5 Å². The van der Waals surface area contributed by atoms with Crippen LogP contribution in [-0.2, 0) is 16.0 Å².